The highest BCUT2D eigenvalue weighted by atomic mass is 16.7. The summed E-state index contributed by atoms with van der Waals surface area (Å²) in [6, 6.07) is -0.835. The van der Waals surface area contributed by atoms with E-state index in [4.69, 9.17) is 0 Å². The van der Waals surface area contributed by atoms with Gasteiger partial charge in [-0.2, -0.15) is 0 Å². The van der Waals surface area contributed by atoms with Crippen LogP contribution < -0.4 is 22.1 Å². The van der Waals surface area contributed by atoms with E-state index in [1.54, 1.807) is 0 Å². The van der Waals surface area contributed by atoms with Crippen LogP contribution in [0.5, 0.6) is 0 Å². The molecule has 0 atom stereocenters. The summed E-state index contributed by atoms with van der Waals surface area (Å²) in [4.78, 5) is 24.9. The molecule has 0 aromatic carbocycles. The Morgan fingerprint density at radius 1 is 1.50 bits per heavy atom. The highest BCUT2D eigenvalue weighted by Gasteiger charge is 1.99. The van der Waals surface area contributed by atoms with E-state index in [0.29, 0.717) is 6.54 Å². The van der Waals surface area contributed by atoms with Gasteiger partial charge in [-0.3, -0.25) is 0 Å². The largest absolute Gasteiger partial charge is 0.427 e. The molecule has 7 nitrogen and oxygen atoms in total. The Bertz CT molecular complexity index is 161. The first-order valence-electron chi connectivity index (χ1n) is 3.42. The first kappa shape index (κ1) is 10.5. The second kappa shape index (κ2) is 6.23. The molecule has 0 fully saturated rings. The second-order valence-electron chi connectivity index (χ2n) is 1.91. The number of hydrazine groups is 1. The minimum absolute atomic E-state index is 0.511. The Hall–Kier alpha value is -1.50. The molecule has 0 aliphatic carbocycles. The molecule has 0 bridgehead atoms. The van der Waals surface area contributed by atoms with Crippen LogP contribution in [0.1, 0.15) is 13.3 Å². The summed E-state index contributed by atoms with van der Waals surface area (Å²) < 4.78 is 0. The lowest BCUT2D eigenvalue weighted by atomic mass is 10.5. The third-order valence-corrected chi connectivity index (χ3v) is 0.837. The third kappa shape index (κ3) is 6.62. The van der Waals surface area contributed by atoms with Gasteiger partial charge >= 0.3 is 12.1 Å². The summed E-state index contributed by atoms with van der Waals surface area (Å²) in [5.41, 5.74) is 8.37. The van der Waals surface area contributed by atoms with Gasteiger partial charge < -0.3 is 15.9 Å². The molecule has 0 saturated heterocycles. The maximum atomic E-state index is 10.6. The number of nitrogens with two attached hydrogens (primary N) is 1. The molecule has 3 amide bonds. The van der Waals surface area contributed by atoms with Crippen LogP contribution in [0.15, 0.2) is 0 Å². The van der Waals surface area contributed by atoms with Crippen molar-refractivity contribution in [2.45, 2.75) is 13.3 Å². The van der Waals surface area contributed by atoms with Gasteiger partial charge in [0.2, 0.25) is 0 Å². The van der Waals surface area contributed by atoms with Crippen LogP contribution in [0, 0.1) is 0 Å². The number of amides is 3. The lowest BCUT2D eigenvalue weighted by Gasteiger charge is -2.05. The highest BCUT2D eigenvalue weighted by molar-refractivity contribution is 5.71. The monoisotopic (exact) mass is 176 g/mol. The van der Waals surface area contributed by atoms with Crippen LogP contribution in [0.25, 0.3) is 0 Å². The van der Waals surface area contributed by atoms with Gasteiger partial charge in [0.05, 0.1) is 0 Å². The van der Waals surface area contributed by atoms with E-state index in [-0.39, 0.29) is 0 Å². The number of primary amides is 1. The van der Waals surface area contributed by atoms with E-state index in [1.165, 1.54) is 0 Å². The van der Waals surface area contributed by atoms with Crippen LogP contribution in [0.2, 0.25) is 0 Å². The molecule has 0 unspecified atom stereocenters. The second-order valence-corrected chi connectivity index (χ2v) is 1.91. The van der Waals surface area contributed by atoms with Crippen molar-refractivity contribution in [2.24, 2.45) is 5.73 Å². The normalized spacial score (nSPS) is 8.75. The van der Waals surface area contributed by atoms with Crippen LogP contribution in [0.4, 0.5) is 9.59 Å². The van der Waals surface area contributed by atoms with Gasteiger partial charge in [-0.25, -0.2) is 15.0 Å². The van der Waals surface area contributed by atoms with Gasteiger partial charge in [0.1, 0.15) is 0 Å². The number of urea groups is 1. The highest BCUT2D eigenvalue weighted by Crippen LogP contribution is 1.73. The molecule has 0 radical (unpaired) electrons. The zero-order valence-electron chi connectivity index (χ0n) is 6.72. The zero-order valence-corrected chi connectivity index (χ0v) is 6.72. The van der Waals surface area contributed by atoms with Crippen molar-refractivity contribution in [1.29, 1.82) is 0 Å². The predicted octanol–water partition coefficient (Wildman–Crippen LogP) is -0.789. The molecule has 0 rings (SSSR count). The quantitative estimate of drug-likeness (QED) is 0.421. The maximum Gasteiger partial charge on any atom is 0.427 e. The SMILES string of the molecule is CCCNC(=O)ONNC(N)=O. The Labute approximate surface area is 69.5 Å². The predicted molar refractivity (Wildman–Crippen MR) is 40.6 cm³/mol. The van der Waals surface area contributed by atoms with Gasteiger partial charge in [-0.1, -0.05) is 12.5 Å². The van der Waals surface area contributed by atoms with Crippen LogP contribution in [-0.2, 0) is 4.84 Å². The fraction of sp³-hybridized carbons (Fsp3) is 0.600. The Morgan fingerprint density at radius 2 is 2.17 bits per heavy atom. The number of carbonyl (C=O) groups is 2. The molecular formula is C5H12N4O3. The molecule has 0 heterocycles. The van der Waals surface area contributed by atoms with E-state index >= 15 is 0 Å². The van der Waals surface area contributed by atoms with Crippen LogP contribution in [-0.4, -0.2) is 18.7 Å². The molecule has 0 saturated carbocycles. The van der Waals surface area contributed by atoms with E-state index in [9.17, 15) is 9.59 Å². The molecule has 7 heteroatoms. The Morgan fingerprint density at radius 3 is 2.67 bits per heavy atom. The van der Waals surface area contributed by atoms with Gasteiger partial charge in [-0.05, 0) is 6.42 Å². The van der Waals surface area contributed by atoms with E-state index in [0.717, 1.165) is 6.42 Å². The third-order valence-electron chi connectivity index (χ3n) is 0.837. The van der Waals surface area contributed by atoms with Crippen molar-refractivity contribution in [1.82, 2.24) is 16.3 Å². The van der Waals surface area contributed by atoms with Gasteiger partial charge in [0.15, 0.2) is 0 Å². The van der Waals surface area contributed by atoms with Crippen molar-refractivity contribution >= 4 is 12.1 Å². The maximum absolute atomic E-state index is 10.6. The van der Waals surface area contributed by atoms with Gasteiger partial charge in [-0.15, -0.1) is 0 Å². The standard InChI is InChI=1S/C5H12N4O3/c1-2-3-7-5(11)12-9-8-4(6)10/h9H,2-3H2,1H3,(H,7,11)(H3,6,8,10). The van der Waals surface area contributed by atoms with Crippen molar-refractivity contribution in [3.8, 4) is 0 Å². The molecular weight excluding hydrogens is 164 g/mol. The summed E-state index contributed by atoms with van der Waals surface area (Å²) in [5, 5.41) is 2.39. The average Bonchev–Trinajstić information content (AvgIpc) is 2.00. The zero-order chi connectivity index (χ0) is 9.40. The average molecular weight is 176 g/mol. The molecule has 0 spiro atoms. The van der Waals surface area contributed by atoms with E-state index in [1.807, 2.05) is 17.9 Å². The smallest absolute Gasteiger partial charge is 0.350 e. The first-order chi connectivity index (χ1) is 5.66. The molecule has 0 aromatic rings. The summed E-state index contributed by atoms with van der Waals surface area (Å²) >= 11 is 0. The topological polar surface area (TPSA) is 105 Å². The summed E-state index contributed by atoms with van der Waals surface area (Å²) in [6.07, 6.45) is 0.129. The van der Waals surface area contributed by atoms with Crippen LogP contribution in [0.3, 0.4) is 0 Å². The van der Waals surface area contributed by atoms with Crippen molar-refractivity contribution < 1.29 is 14.4 Å². The fourth-order valence-electron chi connectivity index (χ4n) is 0.385. The molecule has 0 aliphatic heterocycles. The van der Waals surface area contributed by atoms with E-state index in [2.05, 4.69) is 15.9 Å². The number of rotatable bonds is 4. The van der Waals surface area contributed by atoms with Crippen LogP contribution >= 0.6 is 0 Å². The molecule has 12 heavy (non-hydrogen) atoms. The van der Waals surface area contributed by atoms with E-state index < -0.39 is 12.1 Å². The number of carbonyl (C=O) groups excluding carboxylic acids is 2. The fourth-order valence-corrected chi connectivity index (χ4v) is 0.385. The summed E-state index contributed by atoms with van der Waals surface area (Å²) in [6.45, 7) is 2.41. The minimum atomic E-state index is -0.835. The minimum Gasteiger partial charge on any atom is -0.350 e. The van der Waals surface area contributed by atoms with Gasteiger partial charge in [0.25, 0.3) is 0 Å². The van der Waals surface area contributed by atoms with Gasteiger partial charge in [0, 0.05) is 6.54 Å². The summed E-state index contributed by atoms with van der Waals surface area (Å²) in [5.74, 6) is 0. The van der Waals surface area contributed by atoms with Crippen molar-refractivity contribution in [2.75, 3.05) is 6.54 Å². The lowest BCUT2D eigenvalue weighted by Crippen LogP contribution is -2.44. The number of nitrogens with one attached hydrogen (secondary N) is 3. The molecule has 0 aromatic heterocycles. The summed E-state index contributed by atoms with van der Waals surface area (Å²) in [7, 11) is 0. The lowest BCUT2D eigenvalue weighted by molar-refractivity contribution is 0.0719. The first-order valence-corrected chi connectivity index (χ1v) is 3.42. The Kier molecular flexibility index (Phi) is 5.45. The molecule has 0 aliphatic rings. The van der Waals surface area contributed by atoms with Crippen molar-refractivity contribution in [3.63, 3.8) is 0 Å². The van der Waals surface area contributed by atoms with Crippen molar-refractivity contribution in [3.05, 3.63) is 0 Å². The number of hydrogen-bond acceptors (Lipinski definition) is 4. The molecule has 70 valence electrons. The molecule has 5 N–H and O–H groups in total. The number of hydrogen-bond donors (Lipinski definition) is 4. The Balaban J connectivity index is 3.25.